The Morgan fingerprint density at radius 2 is 2.14 bits per heavy atom. The Bertz CT molecular complexity index is 756. The molecule has 1 N–H and O–H groups in total. The van der Waals surface area contributed by atoms with E-state index in [1.165, 1.54) is 4.90 Å². The molecule has 1 fully saturated rings. The molecule has 21 heavy (non-hydrogen) atoms. The van der Waals surface area contributed by atoms with Crippen LogP contribution in [0, 0.1) is 0 Å². The number of rotatable bonds is 1. The summed E-state index contributed by atoms with van der Waals surface area (Å²) in [7, 11) is 0. The summed E-state index contributed by atoms with van der Waals surface area (Å²) >= 11 is 3.40. The van der Waals surface area contributed by atoms with Crippen LogP contribution in [0.5, 0.6) is 0 Å². The molecule has 6 heteroatoms. The van der Waals surface area contributed by atoms with E-state index >= 15 is 0 Å². The van der Waals surface area contributed by atoms with Crippen molar-refractivity contribution in [2.45, 2.75) is 18.9 Å². The third kappa shape index (κ3) is 2.68. The molecule has 2 aromatic rings. The SMILES string of the molecule is O=C(O)N1CCC[C@@H](n2ccc3cc(Br)ccc3c2=O)C1. The standard InChI is InChI=1S/C15H15BrN2O3/c16-11-3-4-13-10(8-11)5-7-18(14(13)19)12-2-1-6-17(9-12)15(20)21/h3-5,7-8,12H,1-2,6,9H2,(H,20,21)/t12-/m1/s1. The van der Waals surface area contributed by atoms with Gasteiger partial charge in [-0.2, -0.15) is 0 Å². The fourth-order valence-corrected chi connectivity index (χ4v) is 3.26. The smallest absolute Gasteiger partial charge is 0.407 e. The van der Waals surface area contributed by atoms with Crippen molar-refractivity contribution >= 4 is 32.8 Å². The topological polar surface area (TPSA) is 62.5 Å². The highest BCUT2D eigenvalue weighted by atomic mass is 79.9. The number of benzene rings is 1. The average molecular weight is 351 g/mol. The molecule has 1 aliphatic rings. The van der Waals surface area contributed by atoms with Crippen LogP contribution >= 0.6 is 15.9 Å². The molecule has 0 aliphatic carbocycles. The number of nitrogens with zero attached hydrogens (tertiary/aromatic N) is 2. The number of carboxylic acid groups (broad SMARTS) is 1. The number of carbonyl (C=O) groups is 1. The van der Waals surface area contributed by atoms with Crippen LogP contribution < -0.4 is 5.56 Å². The molecule has 0 radical (unpaired) electrons. The Labute approximate surface area is 129 Å². The van der Waals surface area contributed by atoms with E-state index in [1.807, 2.05) is 18.2 Å². The maximum Gasteiger partial charge on any atom is 0.407 e. The van der Waals surface area contributed by atoms with E-state index in [0.717, 1.165) is 22.7 Å². The lowest BCUT2D eigenvalue weighted by molar-refractivity contribution is 0.121. The first-order valence-corrected chi connectivity index (χ1v) is 7.64. The van der Waals surface area contributed by atoms with Gasteiger partial charge >= 0.3 is 6.09 Å². The minimum atomic E-state index is -0.919. The second-order valence-electron chi connectivity index (χ2n) is 5.28. The van der Waals surface area contributed by atoms with Crippen LogP contribution in [0.15, 0.2) is 39.7 Å². The number of amides is 1. The summed E-state index contributed by atoms with van der Waals surface area (Å²) in [5.41, 5.74) is -0.0581. The molecule has 0 saturated carbocycles. The summed E-state index contributed by atoms with van der Waals surface area (Å²) in [4.78, 5) is 25.1. The normalized spacial score (nSPS) is 18.9. The highest BCUT2D eigenvalue weighted by Gasteiger charge is 2.25. The molecular weight excluding hydrogens is 336 g/mol. The number of halogens is 1. The summed E-state index contributed by atoms with van der Waals surface area (Å²) in [6.07, 6.45) is 2.46. The Hall–Kier alpha value is -1.82. The van der Waals surface area contributed by atoms with Crippen LogP contribution in [0.1, 0.15) is 18.9 Å². The van der Waals surface area contributed by atoms with Gasteiger partial charge in [-0.15, -0.1) is 0 Å². The van der Waals surface area contributed by atoms with E-state index in [-0.39, 0.29) is 11.6 Å². The highest BCUT2D eigenvalue weighted by molar-refractivity contribution is 9.10. The molecule has 110 valence electrons. The monoisotopic (exact) mass is 350 g/mol. The molecule has 1 aliphatic heterocycles. The number of hydrogen-bond donors (Lipinski definition) is 1. The van der Waals surface area contributed by atoms with Gasteiger partial charge in [-0.3, -0.25) is 4.79 Å². The van der Waals surface area contributed by atoms with Crippen molar-refractivity contribution in [3.63, 3.8) is 0 Å². The first-order valence-electron chi connectivity index (χ1n) is 6.84. The zero-order chi connectivity index (χ0) is 15.0. The quantitative estimate of drug-likeness (QED) is 0.859. The summed E-state index contributed by atoms with van der Waals surface area (Å²) in [5.74, 6) is 0. The van der Waals surface area contributed by atoms with Gasteiger partial charge in [0, 0.05) is 29.1 Å². The Kier molecular flexibility index (Phi) is 3.71. The van der Waals surface area contributed by atoms with Crippen LogP contribution in [-0.2, 0) is 0 Å². The van der Waals surface area contributed by atoms with Gasteiger partial charge in [0.25, 0.3) is 5.56 Å². The predicted octanol–water partition coefficient (Wildman–Crippen LogP) is 3.08. The van der Waals surface area contributed by atoms with Gasteiger partial charge in [-0.05, 0) is 42.5 Å². The highest BCUT2D eigenvalue weighted by Crippen LogP contribution is 2.22. The van der Waals surface area contributed by atoms with E-state index in [1.54, 1.807) is 16.8 Å². The summed E-state index contributed by atoms with van der Waals surface area (Å²) in [6.45, 7) is 0.915. The fraction of sp³-hybridized carbons (Fsp3) is 0.333. The number of hydrogen-bond acceptors (Lipinski definition) is 2. The van der Waals surface area contributed by atoms with Crippen molar-refractivity contribution in [3.05, 3.63) is 45.3 Å². The van der Waals surface area contributed by atoms with Crippen LogP contribution in [0.25, 0.3) is 10.8 Å². The molecule has 3 rings (SSSR count). The largest absolute Gasteiger partial charge is 0.465 e. The Balaban J connectivity index is 2.01. The summed E-state index contributed by atoms with van der Waals surface area (Å²) in [6, 6.07) is 7.37. The molecule has 0 unspecified atom stereocenters. The maximum atomic E-state index is 12.6. The second kappa shape index (κ2) is 5.52. The van der Waals surface area contributed by atoms with E-state index in [0.29, 0.717) is 18.5 Å². The Morgan fingerprint density at radius 3 is 2.90 bits per heavy atom. The van der Waals surface area contributed by atoms with Crippen molar-refractivity contribution in [1.82, 2.24) is 9.47 Å². The fourth-order valence-electron chi connectivity index (χ4n) is 2.88. The second-order valence-corrected chi connectivity index (χ2v) is 6.20. The number of aromatic nitrogens is 1. The van der Waals surface area contributed by atoms with Crippen LogP contribution in [0.3, 0.4) is 0 Å². The summed E-state index contributed by atoms with van der Waals surface area (Å²) < 4.78 is 2.60. The maximum absolute atomic E-state index is 12.6. The average Bonchev–Trinajstić information content (AvgIpc) is 2.47. The molecule has 5 nitrogen and oxygen atoms in total. The van der Waals surface area contributed by atoms with E-state index in [9.17, 15) is 9.59 Å². The Morgan fingerprint density at radius 1 is 1.33 bits per heavy atom. The summed E-state index contributed by atoms with van der Waals surface area (Å²) in [5, 5.41) is 10.7. The van der Waals surface area contributed by atoms with Crippen LogP contribution in [0.4, 0.5) is 4.79 Å². The zero-order valence-corrected chi connectivity index (χ0v) is 12.9. The van der Waals surface area contributed by atoms with Gasteiger partial charge in [0.15, 0.2) is 0 Å². The zero-order valence-electron chi connectivity index (χ0n) is 11.3. The molecule has 1 aromatic carbocycles. The van der Waals surface area contributed by atoms with Gasteiger partial charge in [0.1, 0.15) is 0 Å². The molecule has 1 aromatic heterocycles. The lowest BCUT2D eigenvalue weighted by Gasteiger charge is -2.31. The van der Waals surface area contributed by atoms with E-state index in [2.05, 4.69) is 15.9 Å². The molecule has 0 bridgehead atoms. The lowest BCUT2D eigenvalue weighted by Crippen LogP contribution is -2.42. The van der Waals surface area contributed by atoms with E-state index < -0.39 is 6.09 Å². The minimum absolute atomic E-state index is 0.0581. The van der Waals surface area contributed by atoms with Gasteiger partial charge in [-0.25, -0.2) is 4.79 Å². The number of piperidine rings is 1. The van der Waals surface area contributed by atoms with Crippen molar-refractivity contribution in [1.29, 1.82) is 0 Å². The first-order chi connectivity index (χ1) is 10.1. The molecule has 1 atom stereocenters. The number of likely N-dealkylation sites (tertiary alicyclic amines) is 1. The van der Waals surface area contributed by atoms with E-state index in [4.69, 9.17) is 5.11 Å². The lowest BCUT2D eigenvalue weighted by atomic mass is 10.0. The van der Waals surface area contributed by atoms with Gasteiger partial charge < -0.3 is 14.6 Å². The van der Waals surface area contributed by atoms with Crippen molar-refractivity contribution < 1.29 is 9.90 Å². The molecule has 1 saturated heterocycles. The molecule has 1 amide bonds. The van der Waals surface area contributed by atoms with Crippen molar-refractivity contribution in [3.8, 4) is 0 Å². The van der Waals surface area contributed by atoms with Gasteiger partial charge in [0.05, 0.1) is 6.04 Å². The third-order valence-electron chi connectivity index (χ3n) is 3.95. The van der Waals surface area contributed by atoms with Gasteiger partial charge in [0.2, 0.25) is 0 Å². The molecule has 2 heterocycles. The van der Waals surface area contributed by atoms with Crippen molar-refractivity contribution in [2.75, 3.05) is 13.1 Å². The van der Waals surface area contributed by atoms with Crippen LogP contribution in [0.2, 0.25) is 0 Å². The first kappa shape index (κ1) is 14.1. The number of pyridine rings is 1. The molecular formula is C15H15BrN2O3. The molecule has 0 spiro atoms. The minimum Gasteiger partial charge on any atom is -0.465 e. The van der Waals surface area contributed by atoms with Gasteiger partial charge in [-0.1, -0.05) is 15.9 Å². The van der Waals surface area contributed by atoms with Crippen molar-refractivity contribution in [2.24, 2.45) is 0 Å². The predicted molar refractivity (Wildman–Crippen MR) is 83.8 cm³/mol. The number of fused-ring (bicyclic) bond motifs is 1. The third-order valence-corrected chi connectivity index (χ3v) is 4.45. The van der Waals surface area contributed by atoms with Crippen LogP contribution in [-0.4, -0.2) is 33.8 Å².